The average Bonchev–Trinajstić information content (AvgIpc) is 3.51. The fourth-order valence-electron chi connectivity index (χ4n) is 3.57. The van der Waals surface area contributed by atoms with Crippen molar-refractivity contribution in [1.82, 2.24) is 30.1 Å². The summed E-state index contributed by atoms with van der Waals surface area (Å²) in [6, 6.07) is 14.9. The Kier molecular flexibility index (Phi) is 3.72. The minimum Gasteiger partial charge on any atom is -0.337 e. The van der Waals surface area contributed by atoms with Gasteiger partial charge in [-0.05, 0) is 36.4 Å². The summed E-state index contributed by atoms with van der Waals surface area (Å²) in [6.45, 7) is 0. The van der Waals surface area contributed by atoms with Crippen LogP contribution in [0, 0.1) is 5.13 Å². The van der Waals surface area contributed by atoms with Crippen LogP contribution in [0.2, 0.25) is 0 Å². The number of nitrogens with zero attached hydrogens (tertiary/aromatic N) is 4. The number of rotatable bonds is 3. The standard InChI is InChI=1S/C22H13FN6S/c23-19-7-6-18(30-19)13-4-1-5-15-20(13)27-22(26-15)21-14-9-16(12-3-2-8-24-10-12)25-11-17(14)28-29-21/h1-11H,(H,26,27)(H,28,29). The molecule has 0 spiro atoms. The maximum atomic E-state index is 13.6. The second-order valence-corrected chi connectivity index (χ2v) is 7.85. The summed E-state index contributed by atoms with van der Waals surface area (Å²) in [4.78, 5) is 17.7. The van der Waals surface area contributed by atoms with Gasteiger partial charge in [0.15, 0.2) is 11.0 Å². The molecule has 6 nitrogen and oxygen atoms in total. The van der Waals surface area contributed by atoms with Crippen LogP contribution in [0.25, 0.3) is 55.2 Å². The Balaban J connectivity index is 1.52. The van der Waals surface area contributed by atoms with E-state index in [-0.39, 0.29) is 5.13 Å². The zero-order valence-electron chi connectivity index (χ0n) is 15.4. The number of hydrogen-bond acceptors (Lipinski definition) is 5. The molecule has 6 rings (SSSR count). The Bertz CT molecular complexity index is 1520. The van der Waals surface area contributed by atoms with Crippen molar-refractivity contribution in [1.29, 1.82) is 0 Å². The number of aromatic nitrogens is 6. The molecule has 30 heavy (non-hydrogen) atoms. The zero-order chi connectivity index (χ0) is 20.1. The third-order valence-corrected chi connectivity index (χ3v) is 5.89. The molecule has 0 aliphatic rings. The molecule has 2 N–H and O–H groups in total. The highest BCUT2D eigenvalue weighted by molar-refractivity contribution is 7.14. The first-order valence-electron chi connectivity index (χ1n) is 9.25. The van der Waals surface area contributed by atoms with Crippen LogP contribution in [0.4, 0.5) is 4.39 Å². The van der Waals surface area contributed by atoms with Gasteiger partial charge in [0.2, 0.25) is 0 Å². The monoisotopic (exact) mass is 412 g/mol. The highest BCUT2D eigenvalue weighted by atomic mass is 32.1. The van der Waals surface area contributed by atoms with Crippen LogP contribution in [0.15, 0.2) is 67.1 Å². The molecular formula is C22H13FN6S. The maximum absolute atomic E-state index is 13.6. The van der Waals surface area contributed by atoms with E-state index < -0.39 is 0 Å². The predicted molar refractivity (Wildman–Crippen MR) is 115 cm³/mol. The van der Waals surface area contributed by atoms with Crippen LogP contribution in [-0.2, 0) is 0 Å². The molecule has 0 saturated heterocycles. The second kappa shape index (κ2) is 6.57. The number of nitrogens with one attached hydrogen (secondary N) is 2. The SMILES string of the molecule is Fc1ccc(-c2cccc3[nH]c(-c4n[nH]c5cnc(-c6cccnc6)cc45)nc23)s1. The lowest BCUT2D eigenvalue weighted by atomic mass is 10.1. The van der Waals surface area contributed by atoms with Gasteiger partial charge in [-0.3, -0.25) is 15.1 Å². The number of imidazole rings is 1. The Morgan fingerprint density at radius 3 is 2.77 bits per heavy atom. The smallest absolute Gasteiger partial charge is 0.176 e. The van der Waals surface area contributed by atoms with E-state index in [1.165, 1.54) is 6.07 Å². The first-order chi connectivity index (χ1) is 14.8. The van der Waals surface area contributed by atoms with Gasteiger partial charge in [-0.25, -0.2) is 4.98 Å². The molecule has 1 aromatic carbocycles. The van der Waals surface area contributed by atoms with Crippen molar-refractivity contribution >= 4 is 33.3 Å². The Morgan fingerprint density at radius 2 is 1.93 bits per heavy atom. The maximum Gasteiger partial charge on any atom is 0.176 e. The van der Waals surface area contributed by atoms with Crippen LogP contribution in [-0.4, -0.2) is 30.1 Å². The van der Waals surface area contributed by atoms with Gasteiger partial charge in [-0.1, -0.05) is 12.1 Å². The Morgan fingerprint density at radius 1 is 0.967 bits per heavy atom. The van der Waals surface area contributed by atoms with Crippen molar-refractivity contribution in [2.24, 2.45) is 0 Å². The van der Waals surface area contributed by atoms with E-state index in [0.29, 0.717) is 11.5 Å². The van der Waals surface area contributed by atoms with Crippen molar-refractivity contribution in [3.8, 4) is 33.2 Å². The first-order valence-corrected chi connectivity index (χ1v) is 10.1. The summed E-state index contributed by atoms with van der Waals surface area (Å²) in [7, 11) is 0. The average molecular weight is 412 g/mol. The van der Waals surface area contributed by atoms with Crippen LogP contribution in [0.1, 0.15) is 0 Å². The van der Waals surface area contributed by atoms with Crippen LogP contribution in [0.3, 0.4) is 0 Å². The number of aromatic amines is 2. The number of hydrogen-bond donors (Lipinski definition) is 2. The highest BCUT2D eigenvalue weighted by Gasteiger charge is 2.16. The molecule has 0 fully saturated rings. The van der Waals surface area contributed by atoms with Crippen molar-refractivity contribution in [2.45, 2.75) is 0 Å². The number of H-pyrrole nitrogens is 2. The van der Waals surface area contributed by atoms with Gasteiger partial charge in [0, 0.05) is 33.8 Å². The quantitative estimate of drug-likeness (QED) is 0.406. The summed E-state index contributed by atoms with van der Waals surface area (Å²) in [5, 5.41) is 8.19. The second-order valence-electron chi connectivity index (χ2n) is 6.82. The molecule has 0 amide bonds. The lowest BCUT2D eigenvalue weighted by Crippen LogP contribution is -1.85. The number of thiophene rings is 1. The Labute approximate surface area is 173 Å². The molecule has 0 unspecified atom stereocenters. The molecule has 0 bridgehead atoms. The molecule has 5 aromatic heterocycles. The van der Waals surface area contributed by atoms with E-state index >= 15 is 0 Å². The molecule has 0 aliphatic heterocycles. The van der Waals surface area contributed by atoms with Crippen molar-refractivity contribution in [3.63, 3.8) is 0 Å². The van der Waals surface area contributed by atoms with Gasteiger partial charge in [-0.2, -0.15) is 9.49 Å². The summed E-state index contributed by atoms with van der Waals surface area (Å²) in [6.07, 6.45) is 5.27. The molecule has 0 atom stereocenters. The molecule has 0 aliphatic carbocycles. The summed E-state index contributed by atoms with van der Waals surface area (Å²) < 4.78 is 13.6. The van der Waals surface area contributed by atoms with Gasteiger partial charge < -0.3 is 4.98 Å². The largest absolute Gasteiger partial charge is 0.337 e. The summed E-state index contributed by atoms with van der Waals surface area (Å²) in [5.41, 5.74) is 5.81. The van der Waals surface area contributed by atoms with Crippen molar-refractivity contribution < 1.29 is 4.39 Å². The molecule has 144 valence electrons. The lowest BCUT2D eigenvalue weighted by Gasteiger charge is -2.00. The van der Waals surface area contributed by atoms with Crippen molar-refractivity contribution in [3.05, 3.63) is 72.3 Å². The fourth-order valence-corrected chi connectivity index (χ4v) is 4.33. The van der Waals surface area contributed by atoms with Crippen LogP contribution >= 0.6 is 11.3 Å². The summed E-state index contributed by atoms with van der Waals surface area (Å²) >= 11 is 1.11. The highest BCUT2D eigenvalue weighted by Crippen LogP contribution is 2.34. The lowest BCUT2D eigenvalue weighted by molar-refractivity contribution is 0.657. The van der Waals surface area contributed by atoms with Crippen molar-refractivity contribution in [2.75, 3.05) is 0 Å². The molecule has 0 saturated carbocycles. The fraction of sp³-hybridized carbons (Fsp3) is 0. The van der Waals surface area contributed by atoms with E-state index in [1.54, 1.807) is 24.7 Å². The number of halogens is 1. The van der Waals surface area contributed by atoms with E-state index in [9.17, 15) is 4.39 Å². The topological polar surface area (TPSA) is 83.1 Å². The van der Waals surface area contributed by atoms with Gasteiger partial charge in [0.1, 0.15) is 5.69 Å². The van der Waals surface area contributed by atoms with E-state index in [4.69, 9.17) is 4.98 Å². The third kappa shape index (κ3) is 2.69. The van der Waals surface area contributed by atoms with Gasteiger partial charge in [0.25, 0.3) is 0 Å². The summed E-state index contributed by atoms with van der Waals surface area (Å²) in [5.74, 6) is 0.643. The van der Waals surface area contributed by atoms with Gasteiger partial charge in [0.05, 0.1) is 28.4 Å². The van der Waals surface area contributed by atoms with E-state index in [2.05, 4.69) is 25.1 Å². The Hall–Kier alpha value is -3.91. The van der Waals surface area contributed by atoms with Crippen LogP contribution in [0.5, 0.6) is 0 Å². The number of pyridine rings is 2. The number of fused-ring (bicyclic) bond motifs is 2. The van der Waals surface area contributed by atoms with E-state index in [1.807, 2.05) is 36.4 Å². The van der Waals surface area contributed by atoms with E-state index in [0.717, 1.165) is 55.0 Å². The van der Waals surface area contributed by atoms with Gasteiger partial charge >= 0.3 is 0 Å². The predicted octanol–water partition coefficient (Wildman–Crippen LogP) is 5.43. The molecule has 8 heteroatoms. The van der Waals surface area contributed by atoms with Crippen LogP contribution < -0.4 is 0 Å². The first kappa shape index (κ1) is 17.0. The minimum absolute atomic E-state index is 0.216. The number of para-hydroxylation sites is 1. The molecular weight excluding hydrogens is 399 g/mol. The molecule has 5 heterocycles. The minimum atomic E-state index is -0.216. The third-order valence-electron chi connectivity index (χ3n) is 4.98. The molecule has 0 radical (unpaired) electrons. The normalized spacial score (nSPS) is 11.5. The zero-order valence-corrected chi connectivity index (χ0v) is 16.2. The number of benzene rings is 1. The van der Waals surface area contributed by atoms with Gasteiger partial charge in [-0.15, -0.1) is 11.3 Å². The molecule has 6 aromatic rings.